The summed E-state index contributed by atoms with van der Waals surface area (Å²) in [4.78, 5) is 12.7. The fraction of sp³-hybridized carbons (Fsp3) is 0.692. The predicted octanol–water partition coefficient (Wildman–Crippen LogP) is 2.77. The molecule has 2 rings (SSSR count). The molecule has 1 aromatic rings. The molecule has 1 fully saturated rings. The average molecular weight is 345 g/mol. The number of aromatic amines is 1. The molecular weight excluding hydrogens is 324 g/mol. The molecule has 1 aliphatic rings. The van der Waals surface area contributed by atoms with Gasteiger partial charge in [-0.1, -0.05) is 25.6 Å². The van der Waals surface area contributed by atoms with Crippen LogP contribution in [0.25, 0.3) is 0 Å². The van der Waals surface area contributed by atoms with E-state index in [0.29, 0.717) is 10.7 Å². The van der Waals surface area contributed by atoms with E-state index in [1.54, 1.807) is 0 Å². The smallest absolute Gasteiger partial charge is 0.144 e. The molecule has 0 amide bonds. The van der Waals surface area contributed by atoms with Crippen molar-refractivity contribution in [2.24, 2.45) is 0 Å². The van der Waals surface area contributed by atoms with Crippen LogP contribution in [0.2, 0.25) is 0 Å². The minimum Gasteiger partial charge on any atom is -0.345 e. The number of aromatic nitrogens is 2. The maximum Gasteiger partial charge on any atom is 0.144 e. The van der Waals surface area contributed by atoms with Crippen molar-refractivity contribution in [3.05, 3.63) is 20.6 Å². The van der Waals surface area contributed by atoms with Gasteiger partial charge < -0.3 is 9.88 Å². The summed E-state index contributed by atoms with van der Waals surface area (Å²) in [5.41, 5.74) is 1.17. The Balaban J connectivity index is 2.36. The number of likely N-dealkylation sites (N-methyl/N-ethyl adjacent to an activating group) is 2. The molecular formula is C13H21BrN4S. The van der Waals surface area contributed by atoms with Crippen molar-refractivity contribution in [1.29, 1.82) is 0 Å². The molecule has 1 aliphatic heterocycles. The zero-order chi connectivity index (χ0) is 14.0. The Morgan fingerprint density at radius 1 is 1.42 bits per heavy atom. The van der Waals surface area contributed by atoms with Gasteiger partial charge in [0.1, 0.15) is 10.5 Å². The number of nitrogens with zero attached hydrogens (tertiary/aromatic N) is 3. The van der Waals surface area contributed by atoms with Gasteiger partial charge in [0, 0.05) is 25.3 Å². The van der Waals surface area contributed by atoms with Gasteiger partial charge in [-0.3, -0.25) is 4.90 Å². The van der Waals surface area contributed by atoms with E-state index < -0.39 is 0 Å². The second-order valence-electron chi connectivity index (χ2n) is 5.23. The lowest BCUT2D eigenvalue weighted by molar-refractivity contribution is 0.109. The van der Waals surface area contributed by atoms with Crippen molar-refractivity contribution in [3.8, 4) is 0 Å². The van der Waals surface area contributed by atoms with Crippen molar-refractivity contribution in [2.75, 3.05) is 33.7 Å². The van der Waals surface area contributed by atoms with Gasteiger partial charge in [-0.2, -0.15) is 0 Å². The predicted molar refractivity (Wildman–Crippen MR) is 84.0 cm³/mol. The van der Waals surface area contributed by atoms with Crippen LogP contribution in [0.15, 0.2) is 4.47 Å². The number of rotatable bonds is 3. The highest BCUT2D eigenvalue weighted by Gasteiger charge is 2.26. The number of hydrogen-bond donors (Lipinski definition) is 1. The van der Waals surface area contributed by atoms with Crippen molar-refractivity contribution >= 4 is 28.1 Å². The number of H-pyrrole nitrogens is 1. The van der Waals surface area contributed by atoms with Crippen molar-refractivity contribution in [2.45, 2.75) is 25.8 Å². The Labute approximate surface area is 128 Å². The molecule has 4 nitrogen and oxygen atoms in total. The van der Waals surface area contributed by atoms with Gasteiger partial charge >= 0.3 is 0 Å². The first-order chi connectivity index (χ1) is 9.02. The Bertz CT molecular complexity index is 502. The summed E-state index contributed by atoms with van der Waals surface area (Å²) in [5, 5.41) is 0. The standard InChI is InChI=1S/C13H21BrN4S/c1-4-5-9-11(14)13(19)16-12(15-9)10-8-17(2)6-7-18(10)3/h10H,4-8H2,1-3H3,(H,15,16,19). The molecule has 0 spiro atoms. The summed E-state index contributed by atoms with van der Waals surface area (Å²) in [7, 11) is 4.30. The summed E-state index contributed by atoms with van der Waals surface area (Å²) in [6, 6.07) is 0.296. The van der Waals surface area contributed by atoms with E-state index >= 15 is 0 Å². The molecule has 1 saturated heterocycles. The Hall–Kier alpha value is -0.300. The quantitative estimate of drug-likeness (QED) is 0.855. The zero-order valence-corrected chi connectivity index (χ0v) is 14.1. The van der Waals surface area contributed by atoms with Gasteiger partial charge in [0.2, 0.25) is 0 Å². The molecule has 0 saturated carbocycles. The van der Waals surface area contributed by atoms with Crippen LogP contribution >= 0.6 is 28.1 Å². The maximum atomic E-state index is 5.37. The van der Waals surface area contributed by atoms with E-state index in [2.05, 4.69) is 56.7 Å². The lowest BCUT2D eigenvalue weighted by Gasteiger charge is -2.37. The first-order valence-corrected chi connectivity index (χ1v) is 7.90. The van der Waals surface area contributed by atoms with E-state index in [-0.39, 0.29) is 0 Å². The molecule has 1 aromatic heterocycles. The Morgan fingerprint density at radius 2 is 2.16 bits per heavy atom. The molecule has 6 heteroatoms. The van der Waals surface area contributed by atoms with Gasteiger partial charge in [-0.25, -0.2) is 4.98 Å². The molecule has 1 unspecified atom stereocenters. The minimum absolute atomic E-state index is 0.296. The van der Waals surface area contributed by atoms with E-state index in [0.717, 1.165) is 42.8 Å². The molecule has 0 radical (unpaired) electrons. The SMILES string of the molecule is CCCc1[nH]c(C2CN(C)CCN2C)nc(=S)c1Br. The fourth-order valence-corrected chi connectivity index (χ4v) is 3.02. The number of piperazine rings is 1. The van der Waals surface area contributed by atoms with Crippen molar-refractivity contribution in [1.82, 2.24) is 19.8 Å². The number of nitrogens with one attached hydrogen (secondary N) is 1. The normalized spacial score (nSPS) is 21.8. The van der Waals surface area contributed by atoms with Crippen molar-refractivity contribution < 1.29 is 0 Å². The van der Waals surface area contributed by atoms with E-state index in [4.69, 9.17) is 12.2 Å². The summed E-state index contributed by atoms with van der Waals surface area (Å²) in [5.74, 6) is 0.991. The van der Waals surface area contributed by atoms with Gasteiger partial charge in [-0.15, -0.1) is 0 Å². The maximum absolute atomic E-state index is 5.37. The first kappa shape index (κ1) is 15.1. The molecule has 2 heterocycles. The number of aryl methyl sites for hydroxylation is 1. The van der Waals surface area contributed by atoms with E-state index in [9.17, 15) is 0 Å². The van der Waals surface area contributed by atoms with Crippen LogP contribution in [0.1, 0.15) is 30.9 Å². The van der Waals surface area contributed by atoms with Crippen LogP contribution < -0.4 is 0 Å². The second kappa shape index (κ2) is 6.43. The molecule has 0 aliphatic carbocycles. The summed E-state index contributed by atoms with van der Waals surface area (Å²) in [6.07, 6.45) is 2.08. The Kier molecular flexibility index (Phi) is 5.11. The highest BCUT2D eigenvalue weighted by atomic mass is 79.9. The summed E-state index contributed by atoms with van der Waals surface area (Å²) in [6.45, 7) is 5.32. The van der Waals surface area contributed by atoms with E-state index in [1.165, 1.54) is 5.69 Å². The van der Waals surface area contributed by atoms with Gasteiger partial charge in [0.15, 0.2) is 0 Å². The van der Waals surface area contributed by atoms with Crippen molar-refractivity contribution in [3.63, 3.8) is 0 Å². The fourth-order valence-electron chi connectivity index (χ4n) is 2.41. The van der Waals surface area contributed by atoms with E-state index in [1.807, 2.05) is 0 Å². The largest absolute Gasteiger partial charge is 0.345 e. The van der Waals surface area contributed by atoms with Gasteiger partial charge in [0.05, 0.1) is 10.5 Å². The van der Waals surface area contributed by atoms with Crippen LogP contribution in [-0.2, 0) is 6.42 Å². The molecule has 1 N–H and O–H groups in total. The second-order valence-corrected chi connectivity index (χ2v) is 6.41. The molecule has 1 atom stereocenters. The third-order valence-corrected chi connectivity index (χ3v) is 5.03. The lowest BCUT2D eigenvalue weighted by Crippen LogP contribution is -2.45. The molecule has 0 bridgehead atoms. The first-order valence-electron chi connectivity index (χ1n) is 6.70. The third-order valence-electron chi connectivity index (χ3n) is 3.62. The number of hydrogen-bond acceptors (Lipinski definition) is 4. The molecule has 106 valence electrons. The third kappa shape index (κ3) is 3.42. The minimum atomic E-state index is 0.296. The Morgan fingerprint density at radius 3 is 2.84 bits per heavy atom. The lowest BCUT2D eigenvalue weighted by atomic mass is 10.1. The highest BCUT2D eigenvalue weighted by Crippen LogP contribution is 2.24. The highest BCUT2D eigenvalue weighted by molar-refractivity contribution is 9.10. The van der Waals surface area contributed by atoms with Gasteiger partial charge in [-0.05, 0) is 36.4 Å². The van der Waals surface area contributed by atoms with Gasteiger partial charge in [0.25, 0.3) is 0 Å². The molecule has 19 heavy (non-hydrogen) atoms. The monoisotopic (exact) mass is 344 g/mol. The summed E-state index contributed by atoms with van der Waals surface area (Å²) >= 11 is 8.91. The zero-order valence-electron chi connectivity index (χ0n) is 11.7. The molecule has 0 aromatic carbocycles. The number of halogens is 1. The average Bonchev–Trinajstić information content (AvgIpc) is 2.38. The van der Waals surface area contributed by atoms with Crippen LogP contribution in [0.3, 0.4) is 0 Å². The topological polar surface area (TPSA) is 35.2 Å². The van der Waals surface area contributed by atoms with Crippen LogP contribution in [0.5, 0.6) is 0 Å². The van der Waals surface area contributed by atoms with Crippen LogP contribution in [0.4, 0.5) is 0 Å². The van der Waals surface area contributed by atoms with Crippen LogP contribution in [-0.4, -0.2) is 53.5 Å². The van der Waals surface area contributed by atoms with Crippen LogP contribution in [0, 0.1) is 4.64 Å². The summed E-state index contributed by atoms with van der Waals surface area (Å²) < 4.78 is 1.61.